The molecule has 0 aliphatic carbocycles. The first-order chi connectivity index (χ1) is 10.6. The zero-order valence-corrected chi connectivity index (χ0v) is 12.9. The van der Waals surface area contributed by atoms with Gasteiger partial charge < -0.3 is 9.84 Å². The first-order valence-electron chi connectivity index (χ1n) is 7.31. The van der Waals surface area contributed by atoms with Crippen LogP contribution in [0.5, 0.6) is 5.75 Å². The molecule has 4 heteroatoms. The third-order valence-corrected chi connectivity index (χ3v) is 3.43. The maximum Gasteiger partial charge on any atom is 0.325 e. The number of ether oxygens (including phenoxy) is 1. The lowest BCUT2D eigenvalue weighted by Gasteiger charge is -2.25. The van der Waals surface area contributed by atoms with E-state index < -0.39 is 12.0 Å². The van der Waals surface area contributed by atoms with E-state index >= 15 is 0 Å². The van der Waals surface area contributed by atoms with Crippen molar-refractivity contribution in [2.45, 2.75) is 19.5 Å². The van der Waals surface area contributed by atoms with Gasteiger partial charge in [-0.05, 0) is 37.2 Å². The summed E-state index contributed by atoms with van der Waals surface area (Å²) in [5.41, 5.74) is 1.80. The van der Waals surface area contributed by atoms with Crippen LogP contribution in [0.2, 0.25) is 0 Å². The summed E-state index contributed by atoms with van der Waals surface area (Å²) in [6.07, 6.45) is 0. The van der Waals surface area contributed by atoms with Gasteiger partial charge in [0.25, 0.3) is 0 Å². The Bertz CT molecular complexity index is 613. The topological polar surface area (TPSA) is 49.8 Å². The number of carbonyl (C=O) groups is 1. The molecule has 0 aromatic heterocycles. The fraction of sp³-hybridized carbons (Fsp3) is 0.278. The Balaban J connectivity index is 2.22. The molecule has 1 N–H and O–H groups in total. The van der Waals surface area contributed by atoms with E-state index in [9.17, 15) is 9.90 Å². The Kier molecular flexibility index (Phi) is 5.55. The van der Waals surface area contributed by atoms with Gasteiger partial charge in [0.15, 0.2) is 0 Å². The fourth-order valence-electron chi connectivity index (χ4n) is 2.49. The van der Waals surface area contributed by atoms with E-state index in [0.717, 1.165) is 11.1 Å². The van der Waals surface area contributed by atoms with Gasteiger partial charge in [0, 0.05) is 6.54 Å². The molecule has 4 nitrogen and oxygen atoms in total. The Labute approximate surface area is 131 Å². The van der Waals surface area contributed by atoms with Crippen LogP contribution in [0.15, 0.2) is 54.6 Å². The van der Waals surface area contributed by atoms with Crippen molar-refractivity contribution in [2.75, 3.05) is 13.7 Å². The number of hydrogen-bond acceptors (Lipinski definition) is 3. The third-order valence-electron chi connectivity index (χ3n) is 3.43. The first kappa shape index (κ1) is 16.0. The van der Waals surface area contributed by atoms with Gasteiger partial charge in [-0.25, -0.2) is 0 Å². The molecule has 0 saturated heterocycles. The molecule has 2 aromatic carbocycles. The Morgan fingerprint density at radius 2 is 1.91 bits per heavy atom. The van der Waals surface area contributed by atoms with Crippen LogP contribution >= 0.6 is 0 Å². The molecule has 0 aliphatic heterocycles. The van der Waals surface area contributed by atoms with Crippen molar-refractivity contribution in [2.24, 2.45) is 0 Å². The van der Waals surface area contributed by atoms with Gasteiger partial charge in [-0.1, -0.05) is 42.5 Å². The molecule has 0 spiro atoms. The highest BCUT2D eigenvalue weighted by Gasteiger charge is 2.25. The Hall–Kier alpha value is -2.33. The average molecular weight is 299 g/mol. The number of hydrogen-bond donors (Lipinski definition) is 1. The average Bonchev–Trinajstić information content (AvgIpc) is 2.48. The summed E-state index contributed by atoms with van der Waals surface area (Å²) in [5, 5.41) is 9.61. The second kappa shape index (κ2) is 7.61. The summed E-state index contributed by atoms with van der Waals surface area (Å²) in [4.78, 5) is 13.5. The van der Waals surface area contributed by atoms with Crippen LogP contribution in [0.3, 0.4) is 0 Å². The lowest BCUT2D eigenvalue weighted by molar-refractivity contribution is -0.143. The van der Waals surface area contributed by atoms with Gasteiger partial charge >= 0.3 is 5.97 Å². The van der Waals surface area contributed by atoms with Crippen LogP contribution in [0.25, 0.3) is 0 Å². The molecular formula is C18H21NO3. The smallest absolute Gasteiger partial charge is 0.325 e. The van der Waals surface area contributed by atoms with Crippen molar-refractivity contribution in [3.8, 4) is 5.75 Å². The quantitative estimate of drug-likeness (QED) is 0.852. The van der Waals surface area contributed by atoms with Crippen molar-refractivity contribution in [1.82, 2.24) is 4.90 Å². The molecule has 22 heavy (non-hydrogen) atoms. The van der Waals surface area contributed by atoms with Crippen molar-refractivity contribution in [1.29, 1.82) is 0 Å². The van der Waals surface area contributed by atoms with Crippen molar-refractivity contribution in [3.05, 3.63) is 65.7 Å². The summed E-state index contributed by atoms with van der Waals surface area (Å²) in [7, 11) is 1.82. The molecule has 1 unspecified atom stereocenters. The largest absolute Gasteiger partial charge is 0.494 e. The molecule has 0 saturated carbocycles. The van der Waals surface area contributed by atoms with Crippen LogP contribution in [0, 0.1) is 0 Å². The number of likely N-dealkylation sites (N-methyl/N-ethyl adjacent to an activating group) is 1. The molecule has 2 rings (SSSR count). The molecule has 1 atom stereocenters. The molecule has 0 aliphatic rings. The highest BCUT2D eigenvalue weighted by molar-refractivity contribution is 5.75. The molecule has 0 amide bonds. The van der Waals surface area contributed by atoms with Gasteiger partial charge in [-0.15, -0.1) is 0 Å². The number of carboxylic acids is 1. The highest BCUT2D eigenvalue weighted by Crippen LogP contribution is 2.25. The zero-order chi connectivity index (χ0) is 15.9. The van der Waals surface area contributed by atoms with Crippen molar-refractivity contribution in [3.63, 3.8) is 0 Å². The SMILES string of the molecule is CCOc1cccc(C(C(=O)O)N(C)Cc2ccccc2)c1. The number of rotatable bonds is 7. The van der Waals surface area contributed by atoms with E-state index in [1.807, 2.05) is 67.4 Å². The summed E-state index contributed by atoms with van der Waals surface area (Å²) >= 11 is 0. The third kappa shape index (κ3) is 4.09. The zero-order valence-electron chi connectivity index (χ0n) is 12.9. The molecule has 116 valence electrons. The van der Waals surface area contributed by atoms with E-state index in [2.05, 4.69) is 0 Å². The normalized spacial score (nSPS) is 12.1. The minimum Gasteiger partial charge on any atom is -0.494 e. The van der Waals surface area contributed by atoms with Gasteiger partial charge in [0.05, 0.1) is 6.61 Å². The number of carboxylic acid groups (broad SMARTS) is 1. The molecule has 0 bridgehead atoms. The molecule has 2 aromatic rings. The predicted octanol–water partition coefficient (Wildman–Crippen LogP) is 3.34. The molecule has 0 radical (unpaired) electrons. The summed E-state index contributed by atoms with van der Waals surface area (Å²) in [6.45, 7) is 3.03. The number of benzene rings is 2. The summed E-state index contributed by atoms with van der Waals surface area (Å²) < 4.78 is 5.46. The Morgan fingerprint density at radius 1 is 1.18 bits per heavy atom. The van der Waals surface area contributed by atoms with Crippen LogP contribution in [0.1, 0.15) is 24.1 Å². The van der Waals surface area contributed by atoms with Gasteiger partial charge in [0.2, 0.25) is 0 Å². The van der Waals surface area contributed by atoms with Crippen LogP contribution < -0.4 is 4.74 Å². The van der Waals surface area contributed by atoms with Gasteiger partial charge in [-0.3, -0.25) is 9.69 Å². The Morgan fingerprint density at radius 3 is 2.55 bits per heavy atom. The highest BCUT2D eigenvalue weighted by atomic mass is 16.5. The van der Waals surface area contributed by atoms with E-state index in [4.69, 9.17) is 4.74 Å². The summed E-state index contributed by atoms with van der Waals surface area (Å²) in [5.74, 6) is -0.175. The van der Waals surface area contributed by atoms with Crippen molar-refractivity contribution < 1.29 is 14.6 Å². The van der Waals surface area contributed by atoms with Crippen LogP contribution in [0.4, 0.5) is 0 Å². The fourth-order valence-corrected chi connectivity index (χ4v) is 2.49. The van der Waals surface area contributed by atoms with Crippen LogP contribution in [-0.4, -0.2) is 29.6 Å². The van der Waals surface area contributed by atoms with E-state index in [1.54, 1.807) is 6.07 Å². The maximum atomic E-state index is 11.7. The monoisotopic (exact) mass is 299 g/mol. The van der Waals surface area contributed by atoms with E-state index in [-0.39, 0.29) is 0 Å². The number of aliphatic carboxylic acids is 1. The standard InChI is InChI=1S/C18H21NO3/c1-3-22-16-11-7-10-15(12-16)17(18(20)21)19(2)13-14-8-5-4-6-9-14/h4-12,17H,3,13H2,1-2H3,(H,20,21). The lowest BCUT2D eigenvalue weighted by Crippen LogP contribution is -2.30. The minimum absolute atomic E-state index is 0.557. The first-order valence-corrected chi connectivity index (χ1v) is 7.31. The van der Waals surface area contributed by atoms with Crippen molar-refractivity contribution >= 4 is 5.97 Å². The summed E-state index contributed by atoms with van der Waals surface area (Å²) in [6, 6.07) is 16.4. The van der Waals surface area contributed by atoms with E-state index in [1.165, 1.54) is 0 Å². The lowest BCUT2D eigenvalue weighted by atomic mass is 10.0. The molecular weight excluding hydrogens is 278 g/mol. The molecule has 0 fully saturated rings. The van der Waals surface area contributed by atoms with Crippen LogP contribution in [-0.2, 0) is 11.3 Å². The van der Waals surface area contributed by atoms with Gasteiger partial charge in [-0.2, -0.15) is 0 Å². The second-order valence-corrected chi connectivity index (χ2v) is 5.15. The minimum atomic E-state index is -0.868. The van der Waals surface area contributed by atoms with Gasteiger partial charge in [0.1, 0.15) is 11.8 Å². The van der Waals surface area contributed by atoms with E-state index in [0.29, 0.717) is 18.9 Å². The maximum absolute atomic E-state index is 11.7. The predicted molar refractivity (Wildman–Crippen MR) is 85.9 cm³/mol. The second-order valence-electron chi connectivity index (χ2n) is 5.15. The number of nitrogens with zero attached hydrogens (tertiary/aromatic N) is 1. The molecule has 0 heterocycles.